The maximum absolute atomic E-state index is 12.1. The lowest BCUT2D eigenvalue weighted by Gasteiger charge is -2.59. The van der Waals surface area contributed by atoms with Crippen LogP contribution >= 0.6 is 0 Å². The summed E-state index contributed by atoms with van der Waals surface area (Å²) in [7, 11) is 1.48. The van der Waals surface area contributed by atoms with Crippen LogP contribution in [0.5, 0.6) is 0 Å². The van der Waals surface area contributed by atoms with Crippen molar-refractivity contribution in [2.75, 3.05) is 13.7 Å². The summed E-state index contributed by atoms with van der Waals surface area (Å²) < 4.78 is 4.99. The fraction of sp³-hybridized carbons (Fsp3) is 0.680. The Bertz CT molecular complexity index is 776. The lowest BCUT2D eigenvalue weighted by Crippen LogP contribution is -2.52. The van der Waals surface area contributed by atoms with E-state index >= 15 is 0 Å². The number of hydrogen-bond acceptors (Lipinski definition) is 4. The van der Waals surface area contributed by atoms with E-state index < -0.39 is 0 Å². The van der Waals surface area contributed by atoms with E-state index in [4.69, 9.17) is 4.74 Å². The quantitative estimate of drug-likeness (QED) is 0.720. The summed E-state index contributed by atoms with van der Waals surface area (Å²) in [5, 5.41) is 9.88. The molecule has 6 unspecified atom stereocenters. The fourth-order valence-electron chi connectivity index (χ4n) is 7.32. The van der Waals surface area contributed by atoms with Gasteiger partial charge in [-0.05, 0) is 90.2 Å². The number of carbonyl (C=O) groups is 1. The molecule has 0 spiro atoms. The molecule has 3 aliphatic carbocycles. The zero-order chi connectivity index (χ0) is 20.6. The molecule has 4 rings (SSSR count). The molecule has 0 aliphatic heterocycles. The summed E-state index contributed by atoms with van der Waals surface area (Å²) in [6, 6.07) is 4.23. The maximum Gasteiger partial charge on any atom is 0.305 e. The number of aliphatic hydroxyl groups is 1. The number of nitrogens with zero attached hydrogens (tertiary/aromatic N) is 1. The molecule has 0 aromatic carbocycles. The molecule has 2 fully saturated rings. The Morgan fingerprint density at radius 1 is 1.28 bits per heavy atom. The maximum atomic E-state index is 12.1. The summed E-state index contributed by atoms with van der Waals surface area (Å²) in [5.41, 5.74) is 2.96. The van der Waals surface area contributed by atoms with Crippen molar-refractivity contribution in [2.24, 2.45) is 34.5 Å². The van der Waals surface area contributed by atoms with Gasteiger partial charge < -0.3 is 9.84 Å². The highest BCUT2D eigenvalue weighted by Gasteiger charge is 2.57. The van der Waals surface area contributed by atoms with Gasteiger partial charge in [0, 0.05) is 25.4 Å². The van der Waals surface area contributed by atoms with Gasteiger partial charge in [-0.1, -0.05) is 26.0 Å². The summed E-state index contributed by atoms with van der Waals surface area (Å²) in [6.07, 6.45) is 13.3. The molecule has 2 saturated carbocycles. The van der Waals surface area contributed by atoms with E-state index in [1.165, 1.54) is 37.5 Å². The number of rotatable bonds is 5. The Hall–Kier alpha value is -1.68. The Morgan fingerprint density at radius 3 is 2.79 bits per heavy atom. The number of ether oxygens (including phenoxy) is 1. The molecule has 29 heavy (non-hydrogen) atoms. The molecule has 1 aromatic rings. The van der Waals surface area contributed by atoms with Crippen molar-refractivity contribution in [1.29, 1.82) is 0 Å². The molecule has 158 valence electrons. The average Bonchev–Trinajstić information content (AvgIpc) is 3.08. The van der Waals surface area contributed by atoms with Gasteiger partial charge in [-0.15, -0.1) is 0 Å². The fourth-order valence-corrected chi connectivity index (χ4v) is 7.32. The summed E-state index contributed by atoms with van der Waals surface area (Å²) >= 11 is 0. The minimum absolute atomic E-state index is 0.00421. The molecule has 0 radical (unpaired) electrons. The normalized spacial score (nSPS) is 38.7. The Kier molecular flexibility index (Phi) is 5.58. The molecule has 6 atom stereocenters. The van der Waals surface area contributed by atoms with Crippen LogP contribution in [0.25, 0.3) is 5.57 Å². The summed E-state index contributed by atoms with van der Waals surface area (Å²) in [4.78, 5) is 16.4. The van der Waals surface area contributed by atoms with Crippen LogP contribution in [0.1, 0.15) is 64.4 Å². The third-order valence-corrected chi connectivity index (χ3v) is 8.91. The first-order chi connectivity index (χ1) is 13.9. The molecule has 0 amide bonds. The van der Waals surface area contributed by atoms with Crippen molar-refractivity contribution in [3.05, 3.63) is 36.2 Å². The van der Waals surface area contributed by atoms with E-state index in [1.54, 1.807) is 0 Å². The third kappa shape index (κ3) is 3.34. The van der Waals surface area contributed by atoms with Gasteiger partial charge in [0.25, 0.3) is 0 Å². The van der Waals surface area contributed by atoms with Crippen LogP contribution in [0, 0.1) is 34.5 Å². The predicted molar refractivity (Wildman–Crippen MR) is 114 cm³/mol. The standard InChI is InChI=1S/C25H35NO3/c1-24(12-14-27)18(15-23(28)29-3)6-7-19-21-9-8-20(17-5-4-13-26-16-17)25(21,2)11-10-22(19)24/h4-5,8,13,16,18-19,21-22,27H,6-7,9-12,14-15H2,1-3H3. The molecular weight excluding hydrogens is 362 g/mol. The van der Waals surface area contributed by atoms with E-state index in [2.05, 4.69) is 31.0 Å². The van der Waals surface area contributed by atoms with Gasteiger partial charge in [-0.25, -0.2) is 0 Å². The largest absolute Gasteiger partial charge is 0.469 e. The molecule has 4 heteroatoms. The minimum atomic E-state index is -0.111. The smallest absolute Gasteiger partial charge is 0.305 e. The van der Waals surface area contributed by atoms with E-state index in [9.17, 15) is 9.90 Å². The lowest BCUT2D eigenvalue weighted by atomic mass is 9.46. The number of aliphatic hydroxyl groups excluding tert-OH is 1. The van der Waals surface area contributed by atoms with Gasteiger partial charge in [0.15, 0.2) is 0 Å². The van der Waals surface area contributed by atoms with Gasteiger partial charge in [-0.2, -0.15) is 0 Å². The molecule has 3 aliphatic rings. The highest BCUT2D eigenvalue weighted by molar-refractivity contribution is 5.72. The van der Waals surface area contributed by atoms with Crippen molar-refractivity contribution in [1.82, 2.24) is 4.98 Å². The van der Waals surface area contributed by atoms with Crippen LogP contribution in [-0.4, -0.2) is 29.8 Å². The Labute approximate surface area is 174 Å². The van der Waals surface area contributed by atoms with Crippen molar-refractivity contribution < 1.29 is 14.6 Å². The van der Waals surface area contributed by atoms with Crippen LogP contribution in [0.4, 0.5) is 0 Å². The van der Waals surface area contributed by atoms with Crippen LogP contribution in [-0.2, 0) is 9.53 Å². The highest BCUT2D eigenvalue weighted by Crippen LogP contribution is 2.66. The third-order valence-electron chi connectivity index (χ3n) is 8.91. The van der Waals surface area contributed by atoms with Gasteiger partial charge in [0.2, 0.25) is 0 Å². The SMILES string of the molecule is COC(=O)CC1CCC2C3CC=C(c4cccnc4)C3(C)CCC2C1(C)CCO. The van der Waals surface area contributed by atoms with Gasteiger partial charge in [0.1, 0.15) is 0 Å². The zero-order valence-electron chi connectivity index (χ0n) is 18.1. The zero-order valence-corrected chi connectivity index (χ0v) is 18.1. The van der Waals surface area contributed by atoms with Gasteiger partial charge in [0.05, 0.1) is 7.11 Å². The first kappa shape index (κ1) is 20.6. The monoisotopic (exact) mass is 397 g/mol. The molecule has 4 nitrogen and oxygen atoms in total. The van der Waals surface area contributed by atoms with Crippen LogP contribution in [0.2, 0.25) is 0 Å². The van der Waals surface area contributed by atoms with Gasteiger partial charge >= 0.3 is 5.97 Å². The van der Waals surface area contributed by atoms with Crippen molar-refractivity contribution in [3.63, 3.8) is 0 Å². The van der Waals surface area contributed by atoms with E-state index in [1.807, 2.05) is 18.5 Å². The molecule has 0 saturated heterocycles. The van der Waals surface area contributed by atoms with Crippen molar-refractivity contribution in [3.8, 4) is 0 Å². The molecular formula is C25H35NO3. The number of methoxy groups -OCH3 is 1. The number of fused-ring (bicyclic) bond motifs is 3. The first-order valence-corrected chi connectivity index (χ1v) is 11.2. The second kappa shape index (κ2) is 7.86. The van der Waals surface area contributed by atoms with E-state index in [0.29, 0.717) is 30.1 Å². The van der Waals surface area contributed by atoms with E-state index in [-0.39, 0.29) is 23.4 Å². The molecule has 1 N–H and O–H groups in total. The lowest BCUT2D eigenvalue weighted by molar-refractivity contribution is -0.147. The Balaban J connectivity index is 1.61. The first-order valence-electron chi connectivity index (χ1n) is 11.2. The second-order valence-corrected chi connectivity index (χ2v) is 9.96. The molecule has 1 heterocycles. The number of carbonyl (C=O) groups excluding carboxylic acids is 1. The predicted octanol–water partition coefficient (Wildman–Crippen LogP) is 4.88. The average molecular weight is 398 g/mol. The van der Waals surface area contributed by atoms with Crippen molar-refractivity contribution in [2.45, 2.75) is 58.8 Å². The van der Waals surface area contributed by atoms with Crippen LogP contribution < -0.4 is 0 Å². The minimum Gasteiger partial charge on any atom is -0.469 e. The highest BCUT2D eigenvalue weighted by atomic mass is 16.5. The number of esters is 1. The van der Waals surface area contributed by atoms with E-state index in [0.717, 1.165) is 19.3 Å². The summed E-state index contributed by atoms with van der Waals surface area (Å²) in [6.45, 7) is 4.99. The molecule has 0 bridgehead atoms. The number of aromatic nitrogens is 1. The molecule has 1 aromatic heterocycles. The van der Waals surface area contributed by atoms with Crippen molar-refractivity contribution >= 4 is 11.5 Å². The van der Waals surface area contributed by atoms with Gasteiger partial charge in [-0.3, -0.25) is 9.78 Å². The number of hydrogen-bond donors (Lipinski definition) is 1. The number of pyridine rings is 1. The summed E-state index contributed by atoms with van der Waals surface area (Å²) in [5.74, 6) is 2.07. The van der Waals surface area contributed by atoms with Crippen LogP contribution in [0.15, 0.2) is 30.6 Å². The number of allylic oxidation sites excluding steroid dienone is 2. The Morgan fingerprint density at radius 2 is 2.10 bits per heavy atom. The second-order valence-electron chi connectivity index (χ2n) is 9.96. The topological polar surface area (TPSA) is 59.4 Å². The van der Waals surface area contributed by atoms with Crippen LogP contribution in [0.3, 0.4) is 0 Å².